The van der Waals surface area contributed by atoms with Crippen molar-refractivity contribution in [1.82, 2.24) is 10.6 Å². The molecule has 0 radical (unpaired) electrons. The molecule has 1 heterocycles. The summed E-state index contributed by atoms with van der Waals surface area (Å²) in [5.74, 6) is 1.76. The van der Waals surface area contributed by atoms with E-state index in [1.807, 2.05) is 0 Å². The van der Waals surface area contributed by atoms with Crippen molar-refractivity contribution in [3.05, 3.63) is 29.3 Å². The van der Waals surface area contributed by atoms with Crippen LogP contribution in [0, 0.1) is 6.92 Å². The van der Waals surface area contributed by atoms with Crippen LogP contribution in [-0.2, 0) is 11.3 Å². The lowest BCUT2D eigenvalue weighted by Crippen LogP contribution is -2.37. The highest BCUT2D eigenvalue weighted by Gasteiger charge is 2.18. The van der Waals surface area contributed by atoms with Crippen molar-refractivity contribution in [2.75, 3.05) is 26.3 Å². The highest BCUT2D eigenvalue weighted by atomic mass is 127. The number of ether oxygens (including phenoxy) is 2. The van der Waals surface area contributed by atoms with Gasteiger partial charge in [0.1, 0.15) is 11.9 Å². The summed E-state index contributed by atoms with van der Waals surface area (Å²) in [5, 5.41) is 6.47. The lowest BCUT2D eigenvalue weighted by atomic mass is 10.1. The quantitative estimate of drug-likeness (QED) is 0.412. The number of guanidine groups is 1. The van der Waals surface area contributed by atoms with Gasteiger partial charge in [0.25, 0.3) is 0 Å². The number of nitrogens with zero attached hydrogens (tertiary/aromatic N) is 1. The molecule has 0 amide bonds. The standard InChI is InChI=1S/C17H27N3O2.HI/c1-4-18-17(19-5-2)20-11-14-7-6-13(3)10-16(14)22-15-8-9-21-12-15;/h6-7,10,15H,4-5,8-9,11-12H2,1-3H3,(H2,18,19,20);1H. The molecular formula is C17H28IN3O2. The van der Waals surface area contributed by atoms with Crippen LogP contribution in [0.1, 0.15) is 31.4 Å². The van der Waals surface area contributed by atoms with Gasteiger partial charge in [-0.05, 0) is 32.4 Å². The SMILES string of the molecule is CCNC(=NCc1ccc(C)cc1OC1CCOC1)NCC.I. The van der Waals surface area contributed by atoms with Crippen LogP contribution in [0.5, 0.6) is 5.75 Å². The van der Waals surface area contributed by atoms with E-state index in [1.165, 1.54) is 5.56 Å². The first-order chi connectivity index (χ1) is 10.7. The lowest BCUT2D eigenvalue weighted by molar-refractivity contribution is 0.140. The van der Waals surface area contributed by atoms with E-state index in [-0.39, 0.29) is 30.1 Å². The van der Waals surface area contributed by atoms with Gasteiger partial charge >= 0.3 is 0 Å². The van der Waals surface area contributed by atoms with Gasteiger partial charge in [0.05, 0.1) is 19.8 Å². The Kier molecular flexibility index (Phi) is 9.31. The molecule has 1 aromatic rings. The number of hydrogen-bond acceptors (Lipinski definition) is 3. The van der Waals surface area contributed by atoms with E-state index in [1.54, 1.807) is 0 Å². The fourth-order valence-corrected chi connectivity index (χ4v) is 2.36. The predicted molar refractivity (Wildman–Crippen MR) is 105 cm³/mol. The Labute approximate surface area is 156 Å². The van der Waals surface area contributed by atoms with Crippen molar-refractivity contribution in [3.63, 3.8) is 0 Å². The van der Waals surface area contributed by atoms with E-state index in [4.69, 9.17) is 9.47 Å². The Balaban J connectivity index is 0.00000264. The van der Waals surface area contributed by atoms with E-state index < -0.39 is 0 Å². The maximum Gasteiger partial charge on any atom is 0.191 e. The van der Waals surface area contributed by atoms with Crippen molar-refractivity contribution >= 4 is 29.9 Å². The first kappa shape index (κ1) is 20.0. The van der Waals surface area contributed by atoms with Gasteiger partial charge in [-0.25, -0.2) is 4.99 Å². The molecule has 1 unspecified atom stereocenters. The minimum atomic E-state index is 0. The van der Waals surface area contributed by atoms with E-state index in [9.17, 15) is 0 Å². The van der Waals surface area contributed by atoms with Crippen molar-refractivity contribution < 1.29 is 9.47 Å². The predicted octanol–water partition coefficient (Wildman–Crippen LogP) is 2.86. The molecule has 1 saturated heterocycles. The first-order valence-electron chi connectivity index (χ1n) is 8.09. The largest absolute Gasteiger partial charge is 0.488 e. The van der Waals surface area contributed by atoms with E-state index in [2.05, 4.69) is 54.6 Å². The monoisotopic (exact) mass is 433 g/mol. The highest BCUT2D eigenvalue weighted by molar-refractivity contribution is 14.0. The van der Waals surface area contributed by atoms with Crippen LogP contribution in [0.25, 0.3) is 0 Å². The Morgan fingerprint density at radius 2 is 2.04 bits per heavy atom. The fourth-order valence-electron chi connectivity index (χ4n) is 2.36. The van der Waals surface area contributed by atoms with Gasteiger partial charge in [0.15, 0.2) is 5.96 Å². The molecule has 1 aliphatic heterocycles. The van der Waals surface area contributed by atoms with E-state index in [0.29, 0.717) is 13.2 Å². The third kappa shape index (κ3) is 6.55. The summed E-state index contributed by atoms with van der Waals surface area (Å²) in [6.45, 7) is 9.96. The van der Waals surface area contributed by atoms with Crippen LogP contribution in [0.3, 0.4) is 0 Å². The minimum absolute atomic E-state index is 0. The third-order valence-electron chi connectivity index (χ3n) is 3.50. The number of halogens is 1. The lowest BCUT2D eigenvalue weighted by Gasteiger charge is -2.16. The van der Waals surface area contributed by atoms with Crippen molar-refractivity contribution in [2.45, 2.75) is 39.8 Å². The van der Waals surface area contributed by atoms with Gasteiger partial charge in [-0.15, -0.1) is 24.0 Å². The molecule has 1 fully saturated rings. The molecule has 1 aliphatic rings. The van der Waals surface area contributed by atoms with Crippen molar-refractivity contribution in [2.24, 2.45) is 4.99 Å². The normalized spacial score (nSPS) is 16.4. The molecule has 0 saturated carbocycles. The number of aliphatic imine (C=N–C) groups is 1. The van der Waals surface area contributed by atoms with Gasteiger partial charge < -0.3 is 20.1 Å². The average Bonchev–Trinajstić information content (AvgIpc) is 3.00. The second-order valence-corrected chi connectivity index (χ2v) is 5.44. The van der Waals surface area contributed by atoms with E-state index in [0.717, 1.165) is 43.4 Å². The molecule has 2 N–H and O–H groups in total. The van der Waals surface area contributed by atoms with Crippen molar-refractivity contribution in [3.8, 4) is 5.75 Å². The minimum Gasteiger partial charge on any atom is -0.488 e. The Hall–Kier alpha value is -1.02. The zero-order chi connectivity index (χ0) is 15.8. The first-order valence-corrected chi connectivity index (χ1v) is 8.09. The van der Waals surface area contributed by atoms with Crippen LogP contribution in [0.15, 0.2) is 23.2 Å². The van der Waals surface area contributed by atoms with Crippen LogP contribution >= 0.6 is 24.0 Å². The Bertz CT molecular complexity index is 495. The van der Waals surface area contributed by atoms with Crippen LogP contribution in [0.4, 0.5) is 0 Å². The number of benzene rings is 1. The maximum atomic E-state index is 6.10. The van der Waals surface area contributed by atoms with Gasteiger partial charge in [0.2, 0.25) is 0 Å². The number of aryl methyl sites for hydroxylation is 1. The molecule has 6 heteroatoms. The average molecular weight is 433 g/mol. The summed E-state index contributed by atoms with van der Waals surface area (Å²) >= 11 is 0. The number of hydrogen-bond donors (Lipinski definition) is 2. The fraction of sp³-hybridized carbons (Fsp3) is 0.588. The summed E-state index contributed by atoms with van der Waals surface area (Å²) in [7, 11) is 0. The van der Waals surface area contributed by atoms with Crippen LogP contribution < -0.4 is 15.4 Å². The summed E-state index contributed by atoms with van der Waals surface area (Å²) < 4.78 is 11.5. The molecule has 0 aromatic heterocycles. The molecule has 0 spiro atoms. The van der Waals surface area contributed by atoms with Gasteiger partial charge in [0, 0.05) is 25.1 Å². The molecule has 130 valence electrons. The van der Waals surface area contributed by atoms with Crippen LogP contribution in [-0.4, -0.2) is 38.4 Å². The summed E-state index contributed by atoms with van der Waals surface area (Å²) in [4.78, 5) is 4.62. The number of nitrogens with one attached hydrogen (secondary N) is 2. The molecular weight excluding hydrogens is 405 g/mol. The topological polar surface area (TPSA) is 54.9 Å². The molecule has 23 heavy (non-hydrogen) atoms. The zero-order valence-corrected chi connectivity index (χ0v) is 16.6. The summed E-state index contributed by atoms with van der Waals surface area (Å²) in [6, 6.07) is 6.28. The summed E-state index contributed by atoms with van der Waals surface area (Å²) in [6.07, 6.45) is 1.11. The molecule has 1 atom stereocenters. The van der Waals surface area contributed by atoms with Crippen LogP contribution in [0.2, 0.25) is 0 Å². The molecule has 0 bridgehead atoms. The zero-order valence-electron chi connectivity index (χ0n) is 14.2. The Morgan fingerprint density at radius 3 is 2.65 bits per heavy atom. The third-order valence-corrected chi connectivity index (χ3v) is 3.50. The highest BCUT2D eigenvalue weighted by Crippen LogP contribution is 2.24. The second-order valence-electron chi connectivity index (χ2n) is 5.44. The second kappa shape index (κ2) is 10.7. The summed E-state index contributed by atoms with van der Waals surface area (Å²) in [5.41, 5.74) is 2.30. The number of rotatable bonds is 6. The maximum absolute atomic E-state index is 6.10. The molecule has 5 nitrogen and oxygen atoms in total. The molecule has 0 aliphatic carbocycles. The van der Waals surface area contributed by atoms with Crippen molar-refractivity contribution in [1.29, 1.82) is 0 Å². The smallest absolute Gasteiger partial charge is 0.191 e. The van der Waals surface area contributed by atoms with Gasteiger partial charge in [-0.3, -0.25) is 0 Å². The van der Waals surface area contributed by atoms with E-state index >= 15 is 0 Å². The molecule has 1 aromatic carbocycles. The molecule has 2 rings (SSSR count). The van der Waals surface area contributed by atoms with Gasteiger partial charge in [-0.2, -0.15) is 0 Å². The Morgan fingerprint density at radius 1 is 1.30 bits per heavy atom. The van der Waals surface area contributed by atoms with Gasteiger partial charge in [-0.1, -0.05) is 12.1 Å².